The van der Waals surface area contributed by atoms with Crippen molar-refractivity contribution >= 4 is 17.7 Å². The highest BCUT2D eigenvalue weighted by atomic mass is 19.1. The van der Waals surface area contributed by atoms with Gasteiger partial charge in [0.25, 0.3) is 0 Å². The third-order valence-electron chi connectivity index (χ3n) is 2.69. The third kappa shape index (κ3) is 4.02. The first-order valence-electron chi connectivity index (χ1n) is 6.17. The summed E-state index contributed by atoms with van der Waals surface area (Å²) >= 11 is 0. The smallest absolute Gasteiger partial charge is 0.411 e. The molecule has 2 aromatic carbocycles. The average molecular weight is 307 g/mol. The molecular formula is C15H11F2NO4. The molecule has 2 aromatic rings. The van der Waals surface area contributed by atoms with E-state index in [1.54, 1.807) is 6.07 Å². The number of carboxylic acid groups (broad SMARTS) is 1. The topological polar surface area (TPSA) is 75.6 Å². The fraction of sp³-hybridized carbons (Fsp3) is 0.0667. The second-order valence-corrected chi connectivity index (χ2v) is 4.33. The number of carbonyl (C=O) groups is 2. The summed E-state index contributed by atoms with van der Waals surface area (Å²) in [5, 5.41) is 11.2. The number of hydrogen-bond donors (Lipinski definition) is 2. The van der Waals surface area contributed by atoms with Crippen molar-refractivity contribution in [2.24, 2.45) is 0 Å². The second-order valence-electron chi connectivity index (χ2n) is 4.33. The van der Waals surface area contributed by atoms with Crippen molar-refractivity contribution in [3.63, 3.8) is 0 Å². The molecule has 22 heavy (non-hydrogen) atoms. The van der Waals surface area contributed by atoms with Crippen LogP contribution in [0.5, 0.6) is 0 Å². The van der Waals surface area contributed by atoms with Crippen molar-refractivity contribution in [2.75, 3.05) is 5.32 Å². The maximum Gasteiger partial charge on any atom is 0.411 e. The predicted octanol–water partition coefficient (Wildman–Crippen LogP) is 3.41. The Labute approximate surface area is 124 Å². The number of aromatic carboxylic acids is 1. The maximum absolute atomic E-state index is 13.0. The molecule has 5 nitrogen and oxygen atoms in total. The average Bonchev–Trinajstić information content (AvgIpc) is 2.44. The van der Waals surface area contributed by atoms with Gasteiger partial charge in [0.15, 0.2) is 0 Å². The molecule has 0 atom stereocenters. The van der Waals surface area contributed by atoms with Gasteiger partial charge >= 0.3 is 12.1 Å². The molecule has 2 N–H and O–H groups in total. The van der Waals surface area contributed by atoms with Gasteiger partial charge in [0, 0.05) is 6.07 Å². The number of hydrogen-bond acceptors (Lipinski definition) is 3. The zero-order chi connectivity index (χ0) is 16.1. The quantitative estimate of drug-likeness (QED) is 0.907. The van der Waals surface area contributed by atoms with Crippen LogP contribution in [0.3, 0.4) is 0 Å². The Morgan fingerprint density at radius 1 is 1.09 bits per heavy atom. The van der Waals surface area contributed by atoms with Gasteiger partial charge in [-0.05, 0) is 29.8 Å². The highest BCUT2D eigenvalue weighted by Gasteiger charge is 2.12. The van der Waals surface area contributed by atoms with E-state index in [1.807, 2.05) is 0 Å². The Hall–Kier alpha value is -2.96. The van der Waals surface area contributed by atoms with Gasteiger partial charge in [0.1, 0.15) is 18.2 Å². The number of anilines is 1. The molecule has 0 aromatic heterocycles. The molecule has 2 rings (SSSR count). The van der Waals surface area contributed by atoms with Crippen molar-refractivity contribution < 1.29 is 28.2 Å². The van der Waals surface area contributed by atoms with E-state index in [2.05, 4.69) is 5.32 Å². The van der Waals surface area contributed by atoms with Gasteiger partial charge in [-0.1, -0.05) is 12.1 Å². The monoisotopic (exact) mass is 307 g/mol. The molecule has 1 amide bonds. The SMILES string of the molecule is O=C(Nc1ccccc1C(=O)O)OCc1cc(F)cc(F)c1. The summed E-state index contributed by atoms with van der Waals surface area (Å²) in [4.78, 5) is 22.6. The summed E-state index contributed by atoms with van der Waals surface area (Å²) in [5.41, 5.74) is 0.0980. The van der Waals surface area contributed by atoms with Crippen LogP contribution >= 0.6 is 0 Å². The van der Waals surface area contributed by atoms with Crippen molar-refractivity contribution in [3.8, 4) is 0 Å². The van der Waals surface area contributed by atoms with Gasteiger partial charge in [0.2, 0.25) is 0 Å². The highest BCUT2D eigenvalue weighted by molar-refractivity contribution is 5.98. The number of benzene rings is 2. The number of nitrogens with one attached hydrogen (secondary N) is 1. The van der Waals surface area contributed by atoms with Gasteiger partial charge in [-0.3, -0.25) is 5.32 Å². The van der Waals surface area contributed by atoms with E-state index in [4.69, 9.17) is 9.84 Å². The van der Waals surface area contributed by atoms with Gasteiger partial charge in [-0.2, -0.15) is 0 Å². The molecule has 0 radical (unpaired) electrons. The number of rotatable bonds is 4. The van der Waals surface area contributed by atoms with Crippen LogP contribution in [-0.2, 0) is 11.3 Å². The minimum absolute atomic E-state index is 0.0606. The molecule has 0 aliphatic carbocycles. The molecule has 0 heterocycles. The lowest BCUT2D eigenvalue weighted by atomic mass is 10.2. The highest BCUT2D eigenvalue weighted by Crippen LogP contribution is 2.15. The van der Waals surface area contributed by atoms with Crippen molar-refractivity contribution in [1.29, 1.82) is 0 Å². The Morgan fingerprint density at radius 3 is 2.36 bits per heavy atom. The van der Waals surface area contributed by atoms with Crippen LogP contribution < -0.4 is 5.32 Å². The Balaban J connectivity index is 2.00. The number of para-hydroxylation sites is 1. The molecule has 7 heteroatoms. The van der Waals surface area contributed by atoms with E-state index in [-0.39, 0.29) is 23.4 Å². The molecule has 0 saturated heterocycles. The summed E-state index contributed by atoms with van der Waals surface area (Å²) in [6, 6.07) is 8.53. The Bertz CT molecular complexity index is 698. The lowest BCUT2D eigenvalue weighted by Crippen LogP contribution is -2.16. The van der Waals surface area contributed by atoms with Crippen molar-refractivity contribution in [1.82, 2.24) is 0 Å². The number of carbonyl (C=O) groups excluding carboxylic acids is 1. The number of carboxylic acids is 1. The standard InChI is InChI=1S/C15H11F2NO4/c16-10-5-9(6-11(17)7-10)8-22-15(21)18-13-4-2-1-3-12(13)14(19)20/h1-7H,8H2,(H,18,21)(H,19,20). The van der Waals surface area contributed by atoms with Crippen LogP contribution in [0.2, 0.25) is 0 Å². The van der Waals surface area contributed by atoms with Gasteiger partial charge in [-0.25, -0.2) is 18.4 Å². The van der Waals surface area contributed by atoms with E-state index in [9.17, 15) is 18.4 Å². The normalized spacial score (nSPS) is 10.1. The largest absolute Gasteiger partial charge is 0.478 e. The molecule has 114 valence electrons. The predicted molar refractivity (Wildman–Crippen MR) is 73.6 cm³/mol. The van der Waals surface area contributed by atoms with Crippen molar-refractivity contribution in [2.45, 2.75) is 6.61 Å². The lowest BCUT2D eigenvalue weighted by Gasteiger charge is -2.09. The minimum Gasteiger partial charge on any atom is -0.478 e. The first-order valence-corrected chi connectivity index (χ1v) is 6.17. The van der Waals surface area contributed by atoms with Crippen molar-refractivity contribution in [3.05, 3.63) is 65.2 Å². The Morgan fingerprint density at radius 2 is 1.73 bits per heavy atom. The molecule has 0 saturated carbocycles. The van der Waals surface area contributed by atoms with Crippen LogP contribution in [0.1, 0.15) is 15.9 Å². The van der Waals surface area contributed by atoms with Crippen LogP contribution in [0.15, 0.2) is 42.5 Å². The van der Waals surface area contributed by atoms with Crippen LogP contribution in [0.25, 0.3) is 0 Å². The fourth-order valence-corrected chi connectivity index (χ4v) is 1.77. The first-order chi connectivity index (χ1) is 10.5. The molecular weight excluding hydrogens is 296 g/mol. The maximum atomic E-state index is 13.0. The summed E-state index contributed by atoms with van der Waals surface area (Å²) < 4.78 is 30.8. The Kier molecular flexibility index (Phi) is 4.67. The summed E-state index contributed by atoms with van der Waals surface area (Å²) in [6.45, 7) is -0.351. The third-order valence-corrected chi connectivity index (χ3v) is 2.69. The summed E-state index contributed by atoms with van der Waals surface area (Å²) in [7, 11) is 0. The summed E-state index contributed by atoms with van der Waals surface area (Å²) in [6.07, 6.45) is -0.932. The van der Waals surface area contributed by atoms with Gasteiger partial charge in [-0.15, -0.1) is 0 Å². The number of halogens is 2. The van der Waals surface area contributed by atoms with Crippen LogP contribution in [0.4, 0.5) is 19.3 Å². The molecule has 0 unspecified atom stereocenters. The minimum atomic E-state index is -1.21. The van der Waals surface area contributed by atoms with E-state index < -0.39 is 23.7 Å². The summed E-state index contributed by atoms with van der Waals surface area (Å²) in [5.74, 6) is -2.77. The zero-order valence-electron chi connectivity index (χ0n) is 11.2. The van der Waals surface area contributed by atoms with Gasteiger partial charge < -0.3 is 9.84 Å². The van der Waals surface area contributed by atoms with Crippen LogP contribution in [0, 0.1) is 11.6 Å². The van der Waals surface area contributed by atoms with E-state index in [1.165, 1.54) is 18.2 Å². The molecule has 0 fully saturated rings. The van der Waals surface area contributed by atoms with E-state index >= 15 is 0 Å². The lowest BCUT2D eigenvalue weighted by molar-refractivity contribution is 0.0698. The molecule has 0 aliphatic rings. The number of amides is 1. The van der Waals surface area contributed by atoms with E-state index in [0.717, 1.165) is 12.1 Å². The fourth-order valence-electron chi connectivity index (χ4n) is 1.77. The first kappa shape index (κ1) is 15.4. The second kappa shape index (κ2) is 6.66. The zero-order valence-corrected chi connectivity index (χ0v) is 11.2. The van der Waals surface area contributed by atoms with E-state index in [0.29, 0.717) is 6.07 Å². The molecule has 0 aliphatic heterocycles. The van der Waals surface area contributed by atoms with Gasteiger partial charge in [0.05, 0.1) is 11.3 Å². The molecule has 0 bridgehead atoms. The van der Waals surface area contributed by atoms with Crippen LogP contribution in [-0.4, -0.2) is 17.2 Å². The number of ether oxygens (including phenoxy) is 1. The molecule has 0 spiro atoms.